The Kier molecular flexibility index (Phi) is 6.39. The Balaban J connectivity index is 1.10. The fraction of sp³-hybridized carbons (Fsp3) is 0. The zero-order valence-corrected chi connectivity index (χ0v) is 27.3. The Morgan fingerprint density at radius 2 is 1.06 bits per heavy atom. The summed E-state index contributed by atoms with van der Waals surface area (Å²) in [6.45, 7) is 0. The summed E-state index contributed by atoms with van der Waals surface area (Å²) in [6, 6.07) is 60.7. The van der Waals surface area contributed by atoms with Gasteiger partial charge in [0.25, 0.3) is 0 Å². The number of benzene rings is 8. The molecule has 0 aliphatic heterocycles. The minimum atomic E-state index is 0.899. The number of hydrogen-bond donors (Lipinski definition) is 1. The average Bonchev–Trinajstić information content (AvgIpc) is 3.74. The van der Waals surface area contributed by atoms with Crippen molar-refractivity contribution in [3.05, 3.63) is 170 Å². The third-order valence-electron chi connectivity index (χ3n) is 9.65. The van der Waals surface area contributed by atoms with Crippen LogP contribution in [-0.4, -0.2) is 0 Å². The molecular weight excluding hydrogens is 615 g/mol. The van der Waals surface area contributed by atoms with Crippen molar-refractivity contribution in [1.82, 2.24) is 0 Å². The molecule has 0 bridgehead atoms. The van der Waals surface area contributed by atoms with E-state index in [1.54, 1.807) is 0 Å². The van der Waals surface area contributed by atoms with Crippen LogP contribution in [0.5, 0.6) is 0 Å². The number of hydrogen-bond acceptors (Lipinski definition) is 3. The molecule has 10 rings (SSSR count). The Bertz CT molecular complexity index is 2830. The normalized spacial score (nSPS) is 11.7. The van der Waals surface area contributed by atoms with Gasteiger partial charge < -0.3 is 9.73 Å². The first-order valence-electron chi connectivity index (χ1n) is 16.6. The summed E-state index contributed by atoms with van der Waals surface area (Å²) >= 11 is 1.87. The maximum Gasteiger partial charge on any atom is 0.143 e. The van der Waals surface area contributed by atoms with E-state index in [0.717, 1.165) is 49.8 Å². The summed E-state index contributed by atoms with van der Waals surface area (Å²) in [5, 5.41) is 10.9. The van der Waals surface area contributed by atoms with Gasteiger partial charge in [0.1, 0.15) is 11.2 Å². The summed E-state index contributed by atoms with van der Waals surface area (Å²) in [6.07, 6.45) is 0. The second-order valence-corrected chi connectivity index (χ2v) is 13.6. The molecule has 0 saturated heterocycles. The Hall–Kier alpha value is -6.16. The third-order valence-corrected chi connectivity index (χ3v) is 10.9. The Morgan fingerprint density at radius 3 is 1.90 bits per heavy atom. The lowest BCUT2D eigenvalue weighted by atomic mass is 9.97. The van der Waals surface area contributed by atoms with Crippen molar-refractivity contribution in [2.75, 3.05) is 5.32 Å². The first-order valence-corrected chi connectivity index (χ1v) is 17.4. The van der Waals surface area contributed by atoms with E-state index in [-0.39, 0.29) is 0 Å². The highest BCUT2D eigenvalue weighted by Crippen LogP contribution is 2.43. The van der Waals surface area contributed by atoms with Crippen LogP contribution < -0.4 is 5.32 Å². The number of thiophene rings is 1. The molecule has 230 valence electrons. The predicted octanol–water partition coefficient (Wildman–Crippen LogP) is 13.9. The predicted molar refractivity (Wildman–Crippen MR) is 210 cm³/mol. The van der Waals surface area contributed by atoms with Gasteiger partial charge in [0.15, 0.2) is 0 Å². The molecule has 0 fully saturated rings. The maximum atomic E-state index is 6.80. The van der Waals surface area contributed by atoms with Gasteiger partial charge in [-0.2, -0.15) is 0 Å². The van der Waals surface area contributed by atoms with Crippen molar-refractivity contribution < 1.29 is 4.42 Å². The van der Waals surface area contributed by atoms with Crippen LogP contribution in [0.3, 0.4) is 0 Å². The third kappa shape index (κ3) is 4.70. The fourth-order valence-electron chi connectivity index (χ4n) is 7.24. The molecule has 0 aliphatic rings. The van der Waals surface area contributed by atoms with E-state index in [2.05, 4.69) is 175 Å². The zero-order valence-electron chi connectivity index (χ0n) is 26.5. The number of furan rings is 1. The van der Waals surface area contributed by atoms with Gasteiger partial charge in [-0.3, -0.25) is 0 Å². The van der Waals surface area contributed by atoms with Crippen LogP contribution in [0.25, 0.3) is 86.3 Å². The monoisotopic (exact) mass is 643 g/mol. The van der Waals surface area contributed by atoms with Crippen molar-refractivity contribution in [2.45, 2.75) is 0 Å². The standard InChI is InChI=1S/C46H29NOS/c1-2-9-29(10-3-1)30-21-24-34(25-22-30)47-35-27-41(45-42(28-35)39-26-23-31-11-4-5-12-36(31)44(39)48-45)33-19-17-32(18-20-33)37-14-8-15-40-38-13-6-7-16-43(38)49-46(37)40/h1-28,47H. The molecule has 3 heteroatoms. The lowest BCUT2D eigenvalue weighted by Crippen LogP contribution is -1.92. The lowest BCUT2D eigenvalue weighted by Gasteiger charge is -2.12. The fourth-order valence-corrected chi connectivity index (χ4v) is 8.48. The van der Waals surface area contributed by atoms with Crippen LogP contribution in [0, 0.1) is 0 Å². The van der Waals surface area contributed by atoms with E-state index in [1.807, 2.05) is 11.3 Å². The minimum absolute atomic E-state index is 0.899. The molecule has 10 aromatic rings. The number of rotatable bonds is 5. The lowest BCUT2D eigenvalue weighted by molar-refractivity contribution is 0.674. The van der Waals surface area contributed by atoms with Crippen LogP contribution in [0.15, 0.2) is 174 Å². The first-order chi connectivity index (χ1) is 24.3. The van der Waals surface area contributed by atoms with Gasteiger partial charge in [0.05, 0.1) is 0 Å². The van der Waals surface area contributed by atoms with E-state index >= 15 is 0 Å². The first kappa shape index (κ1) is 27.9. The van der Waals surface area contributed by atoms with Gasteiger partial charge in [-0.15, -0.1) is 11.3 Å². The molecule has 0 saturated carbocycles. The van der Waals surface area contributed by atoms with Crippen LogP contribution in [0.2, 0.25) is 0 Å². The van der Waals surface area contributed by atoms with E-state index in [0.29, 0.717) is 0 Å². The molecule has 1 N–H and O–H groups in total. The van der Waals surface area contributed by atoms with Crippen LogP contribution in [0.4, 0.5) is 11.4 Å². The average molecular weight is 644 g/mol. The highest BCUT2D eigenvalue weighted by atomic mass is 32.1. The van der Waals surface area contributed by atoms with Crippen LogP contribution in [-0.2, 0) is 0 Å². The minimum Gasteiger partial charge on any atom is -0.455 e. The van der Waals surface area contributed by atoms with Gasteiger partial charge in [0.2, 0.25) is 0 Å². The number of fused-ring (bicyclic) bond motifs is 8. The summed E-state index contributed by atoms with van der Waals surface area (Å²) in [7, 11) is 0. The second kappa shape index (κ2) is 11.2. The highest BCUT2D eigenvalue weighted by molar-refractivity contribution is 7.26. The molecule has 2 nitrogen and oxygen atoms in total. The van der Waals surface area contributed by atoms with E-state index in [4.69, 9.17) is 4.42 Å². The molecule has 0 radical (unpaired) electrons. The molecular formula is C46H29NOS. The highest BCUT2D eigenvalue weighted by Gasteiger charge is 2.17. The van der Waals surface area contributed by atoms with Gasteiger partial charge in [-0.05, 0) is 69.6 Å². The van der Waals surface area contributed by atoms with Crippen LogP contribution >= 0.6 is 11.3 Å². The molecule has 49 heavy (non-hydrogen) atoms. The Labute approximate surface area is 287 Å². The zero-order chi connectivity index (χ0) is 32.3. The molecule has 2 heterocycles. The van der Waals surface area contributed by atoms with E-state index < -0.39 is 0 Å². The van der Waals surface area contributed by atoms with Crippen molar-refractivity contribution in [3.63, 3.8) is 0 Å². The van der Waals surface area contributed by atoms with E-state index in [1.165, 1.54) is 47.8 Å². The van der Waals surface area contributed by atoms with Gasteiger partial charge in [-0.1, -0.05) is 133 Å². The number of anilines is 2. The van der Waals surface area contributed by atoms with Gasteiger partial charge in [0, 0.05) is 53.3 Å². The second-order valence-electron chi connectivity index (χ2n) is 12.6. The van der Waals surface area contributed by atoms with Crippen LogP contribution in [0.1, 0.15) is 0 Å². The molecule has 0 unspecified atom stereocenters. The molecule has 0 spiro atoms. The topological polar surface area (TPSA) is 25.2 Å². The molecule has 2 aromatic heterocycles. The van der Waals surface area contributed by atoms with Gasteiger partial charge >= 0.3 is 0 Å². The SMILES string of the molecule is c1ccc(-c2ccc(Nc3cc(-c4ccc(-c5cccc6c5sc5ccccc56)cc4)c4oc5c6ccccc6ccc5c4c3)cc2)cc1. The quantitative estimate of drug-likeness (QED) is 0.202. The summed E-state index contributed by atoms with van der Waals surface area (Å²) < 4.78 is 9.45. The molecule has 0 atom stereocenters. The van der Waals surface area contributed by atoms with Crippen molar-refractivity contribution >= 4 is 75.6 Å². The Morgan fingerprint density at radius 1 is 0.388 bits per heavy atom. The smallest absolute Gasteiger partial charge is 0.143 e. The maximum absolute atomic E-state index is 6.80. The number of nitrogens with one attached hydrogen (secondary N) is 1. The molecule has 8 aromatic carbocycles. The summed E-state index contributed by atoms with van der Waals surface area (Å²) in [4.78, 5) is 0. The van der Waals surface area contributed by atoms with Gasteiger partial charge in [-0.25, -0.2) is 0 Å². The van der Waals surface area contributed by atoms with Crippen molar-refractivity contribution in [1.29, 1.82) is 0 Å². The molecule has 0 amide bonds. The summed E-state index contributed by atoms with van der Waals surface area (Å²) in [5.74, 6) is 0. The van der Waals surface area contributed by atoms with Crippen molar-refractivity contribution in [2.24, 2.45) is 0 Å². The van der Waals surface area contributed by atoms with Crippen molar-refractivity contribution in [3.8, 4) is 33.4 Å². The summed E-state index contributed by atoms with van der Waals surface area (Å²) in [5.41, 5.74) is 10.9. The largest absolute Gasteiger partial charge is 0.455 e. The molecule has 0 aliphatic carbocycles. The van der Waals surface area contributed by atoms with E-state index in [9.17, 15) is 0 Å².